The zero-order valence-corrected chi connectivity index (χ0v) is 18.1. The Balaban J connectivity index is 1.78. The van der Waals surface area contributed by atoms with Crippen LogP contribution >= 0.6 is 11.8 Å². The van der Waals surface area contributed by atoms with E-state index in [1.54, 1.807) is 4.57 Å². The summed E-state index contributed by atoms with van der Waals surface area (Å²) in [5.74, 6) is 0.560. The number of aryl methyl sites for hydroxylation is 2. The van der Waals surface area contributed by atoms with Gasteiger partial charge in [0, 0.05) is 12.1 Å². The van der Waals surface area contributed by atoms with E-state index in [0.29, 0.717) is 28.4 Å². The zero-order chi connectivity index (χ0) is 21.3. The maximum absolute atomic E-state index is 13.0. The number of hydrogen-bond acceptors (Lipinski definition) is 5. The first-order valence-electron chi connectivity index (χ1n) is 10.2. The van der Waals surface area contributed by atoms with Crippen molar-refractivity contribution < 1.29 is 4.79 Å². The number of hydrogen-bond donors (Lipinski definition) is 0. The van der Waals surface area contributed by atoms with Crippen LogP contribution in [0.2, 0.25) is 0 Å². The third-order valence-electron chi connectivity index (χ3n) is 5.20. The highest BCUT2D eigenvalue weighted by Crippen LogP contribution is 2.27. The molecule has 0 saturated heterocycles. The molecule has 0 N–H and O–H groups in total. The topological polar surface area (TPSA) is 69.3 Å². The Morgan fingerprint density at radius 1 is 1.10 bits per heavy atom. The monoisotopic (exact) mass is 420 g/mol. The fraction of sp³-hybridized carbons (Fsp3) is 0.304. The van der Waals surface area contributed by atoms with Crippen LogP contribution in [0.15, 0.2) is 58.5 Å². The summed E-state index contributed by atoms with van der Waals surface area (Å²) in [4.78, 5) is 25.9. The summed E-state index contributed by atoms with van der Waals surface area (Å²) in [5, 5.41) is 9.57. The van der Waals surface area contributed by atoms with Crippen LogP contribution in [-0.2, 0) is 6.54 Å². The van der Waals surface area contributed by atoms with Crippen LogP contribution in [0.4, 0.5) is 0 Å². The van der Waals surface area contributed by atoms with Crippen molar-refractivity contribution in [3.05, 3.63) is 70.0 Å². The number of para-hydroxylation sites is 1. The number of ketones is 1. The van der Waals surface area contributed by atoms with Crippen LogP contribution in [0.5, 0.6) is 0 Å². The third kappa shape index (κ3) is 3.65. The Kier molecular flexibility index (Phi) is 5.72. The highest BCUT2D eigenvalue weighted by molar-refractivity contribution is 8.00. The van der Waals surface area contributed by atoms with Gasteiger partial charge in [0.15, 0.2) is 10.9 Å². The van der Waals surface area contributed by atoms with Crippen molar-refractivity contribution in [3.63, 3.8) is 0 Å². The van der Waals surface area contributed by atoms with Crippen molar-refractivity contribution >= 4 is 34.2 Å². The lowest BCUT2D eigenvalue weighted by molar-refractivity contribution is 0.0994. The number of unbranched alkanes of at least 4 members (excludes halogenated alkanes) is 1. The Labute approximate surface area is 178 Å². The minimum absolute atomic E-state index is 0.0420. The molecule has 0 saturated carbocycles. The van der Waals surface area contributed by atoms with Gasteiger partial charge in [-0.15, -0.1) is 10.2 Å². The fourth-order valence-electron chi connectivity index (χ4n) is 3.49. The van der Waals surface area contributed by atoms with E-state index < -0.39 is 0 Å². The van der Waals surface area contributed by atoms with Gasteiger partial charge in [-0.25, -0.2) is 0 Å². The minimum atomic E-state index is -0.338. The molecule has 4 rings (SSSR count). The molecule has 0 aliphatic carbocycles. The van der Waals surface area contributed by atoms with Gasteiger partial charge < -0.3 is 0 Å². The van der Waals surface area contributed by atoms with Gasteiger partial charge in [-0.2, -0.15) is 0 Å². The molecule has 1 atom stereocenters. The van der Waals surface area contributed by atoms with Crippen LogP contribution in [0.1, 0.15) is 42.6 Å². The van der Waals surface area contributed by atoms with Gasteiger partial charge in [0.05, 0.1) is 16.2 Å². The number of aromatic nitrogens is 4. The predicted octanol–water partition coefficient (Wildman–Crippen LogP) is 4.52. The lowest BCUT2D eigenvalue weighted by Gasteiger charge is -2.12. The van der Waals surface area contributed by atoms with E-state index in [0.717, 1.165) is 23.9 Å². The maximum Gasteiger partial charge on any atom is 0.262 e. The number of carbonyl (C=O) groups is 1. The lowest BCUT2D eigenvalue weighted by Crippen LogP contribution is -2.23. The number of benzene rings is 2. The molecule has 2 aromatic carbocycles. The second-order valence-electron chi connectivity index (χ2n) is 7.44. The lowest BCUT2D eigenvalue weighted by atomic mass is 10.1. The van der Waals surface area contributed by atoms with Gasteiger partial charge in [-0.05, 0) is 32.4 Å². The van der Waals surface area contributed by atoms with E-state index in [1.807, 2.05) is 66.8 Å². The first-order chi connectivity index (χ1) is 14.5. The molecule has 0 aliphatic heterocycles. The summed E-state index contributed by atoms with van der Waals surface area (Å²) >= 11 is 1.36. The molecule has 0 amide bonds. The smallest absolute Gasteiger partial charge is 0.262 e. The largest absolute Gasteiger partial charge is 0.293 e. The van der Waals surface area contributed by atoms with Crippen LogP contribution in [-0.4, -0.2) is 30.2 Å². The van der Waals surface area contributed by atoms with E-state index in [2.05, 4.69) is 17.1 Å². The van der Waals surface area contributed by atoms with E-state index >= 15 is 0 Å². The number of carbonyl (C=O) groups excluding carboxylic acids is 1. The van der Waals surface area contributed by atoms with E-state index in [1.165, 1.54) is 11.8 Å². The number of thioether (sulfide) groups is 1. The molecular formula is C23H24N4O2S. The summed E-state index contributed by atoms with van der Waals surface area (Å²) in [6, 6.07) is 15.1. The molecular weight excluding hydrogens is 396 g/mol. The Bertz CT molecular complexity index is 1270. The molecule has 7 heteroatoms. The minimum Gasteiger partial charge on any atom is -0.293 e. The number of fused-ring (bicyclic) bond motifs is 3. The highest BCUT2D eigenvalue weighted by Gasteiger charge is 2.22. The highest BCUT2D eigenvalue weighted by atomic mass is 32.2. The van der Waals surface area contributed by atoms with Gasteiger partial charge in [-0.3, -0.25) is 18.6 Å². The SMILES string of the molecule is CCCCn1c(=O)c2ccccc2n2c(S[C@H](C)C(=O)c3ccc(C)cc3)nnc12. The van der Waals surface area contributed by atoms with Crippen molar-refractivity contribution in [1.29, 1.82) is 0 Å². The van der Waals surface area contributed by atoms with E-state index in [4.69, 9.17) is 0 Å². The van der Waals surface area contributed by atoms with Gasteiger partial charge in [-0.1, -0.05) is 67.1 Å². The summed E-state index contributed by atoms with van der Waals surface area (Å²) < 4.78 is 3.59. The maximum atomic E-state index is 13.0. The Morgan fingerprint density at radius 3 is 2.57 bits per heavy atom. The molecule has 0 spiro atoms. The number of rotatable bonds is 7. The second kappa shape index (κ2) is 8.44. The summed E-state index contributed by atoms with van der Waals surface area (Å²) in [6.07, 6.45) is 1.86. The summed E-state index contributed by atoms with van der Waals surface area (Å²) in [5.41, 5.74) is 2.50. The molecule has 154 valence electrons. The molecule has 0 bridgehead atoms. The number of nitrogens with zero attached hydrogens (tertiary/aromatic N) is 4. The van der Waals surface area contributed by atoms with Crippen LogP contribution in [0, 0.1) is 6.92 Å². The molecule has 4 aromatic rings. The van der Waals surface area contributed by atoms with Crippen molar-refractivity contribution in [1.82, 2.24) is 19.2 Å². The van der Waals surface area contributed by atoms with Crippen molar-refractivity contribution in [2.75, 3.05) is 0 Å². The Hall–Kier alpha value is -2.93. The fourth-order valence-corrected chi connectivity index (χ4v) is 4.42. The molecule has 2 aromatic heterocycles. The van der Waals surface area contributed by atoms with Crippen LogP contribution in [0.3, 0.4) is 0 Å². The summed E-state index contributed by atoms with van der Waals surface area (Å²) in [6.45, 7) is 6.55. The molecule has 0 radical (unpaired) electrons. The predicted molar refractivity (Wildman–Crippen MR) is 120 cm³/mol. The first-order valence-corrected chi connectivity index (χ1v) is 11.0. The second-order valence-corrected chi connectivity index (χ2v) is 8.74. The molecule has 2 heterocycles. The molecule has 6 nitrogen and oxygen atoms in total. The summed E-state index contributed by atoms with van der Waals surface area (Å²) in [7, 11) is 0. The van der Waals surface area contributed by atoms with Gasteiger partial charge in [0.1, 0.15) is 0 Å². The average molecular weight is 421 g/mol. The zero-order valence-electron chi connectivity index (χ0n) is 17.3. The molecule has 30 heavy (non-hydrogen) atoms. The molecule has 0 fully saturated rings. The molecule has 0 aliphatic rings. The van der Waals surface area contributed by atoms with E-state index in [-0.39, 0.29) is 16.6 Å². The van der Waals surface area contributed by atoms with Crippen LogP contribution < -0.4 is 5.56 Å². The van der Waals surface area contributed by atoms with E-state index in [9.17, 15) is 9.59 Å². The van der Waals surface area contributed by atoms with Gasteiger partial charge in [0.2, 0.25) is 5.78 Å². The van der Waals surface area contributed by atoms with Crippen LogP contribution in [0.25, 0.3) is 16.7 Å². The number of Topliss-reactive ketones (excluding diaryl/α,β-unsaturated/α-hetero) is 1. The van der Waals surface area contributed by atoms with Gasteiger partial charge >= 0.3 is 0 Å². The quantitative estimate of drug-likeness (QED) is 0.325. The normalized spacial score (nSPS) is 12.5. The van der Waals surface area contributed by atoms with Crippen molar-refractivity contribution in [2.24, 2.45) is 0 Å². The standard InChI is InChI=1S/C23H24N4O2S/c1-4-5-14-26-21(29)18-8-6-7-9-19(18)27-22(26)24-25-23(27)30-16(3)20(28)17-12-10-15(2)11-13-17/h6-13,16H,4-5,14H2,1-3H3/t16-/m1/s1. The Morgan fingerprint density at radius 2 is 1.83 bits per heavy atom. The van der Waals surface area contributed by atoms with Gasteiger partial charge in [0.25, 0.3) is 5.56 Å². The van der Waals surface area contributed by atoms with Crippen molar-refractivity contribution in [2.45, 2.75) is 50.6 Å². The third-order valence-corrected chi connectivity index (χ3v) is 6.24. The average Bonchev–Trinajstić information content (AvgIpc) is 3.17. The first kappa shape index (κ1) is 20.3. The van der Waals surface area contributed by atoms with Crippen molar-refractivity contribution in [3.8, 4) is 0 Å². The molecule has 0 unspecified atom stereocenters.